The zero-order valence-corrected chi connectivity index (χ0v) is 12.5. The minimum absolute atomic E-state index is 0.0443. The molecule has 2 heterocycles. The molecule has 0 aromatic heterocycles. The zero-order chi connectivity index (χ0) is 13.6. The Morgan fingerprint density at radius 2 is 2.00 bits per heavy atom. The van der Waals surface area contributed by atoms with Crippen molar-refractivity contribution in [1.29, 1.82) is 0 Å². The molecule has 0 radical (unpaired) electrons. The average molecular weight is 253 g/mol. The SMILES string of the molecule is CCC1CN(C2CC(C)(C)OC2(C)C)CCC1=O. The molecule has 2 rings (SSSR count). The lowest BCUT2D eigenvalue weighted by Gasteiger charge is -2.40. The highest BCUT2D eigenvalue weighted by atomic mass is 16.5. The van der Waals surface area contributed by atoms with Gasteiger partial charge in [-0.2, -0.15) is 0 Å². The molecule has 0 amide bonds. The molecule has 2 aliphatic rings. The average Bonchev–Trinajstić information content (AvgIpc) is 2.47. The smallest absolute Gasteiger partial charge is 0.138 e. The van der Waals surface area contributed by atoms with Crippen molar-refractivity contribution in [1.82, 2.24) is 4.90 Å². The molecular weight excluding hydrogens is 226 g/mol. The van der Waals surface area contributed by atoms with Crippen LogP contribution in [0.15, 0.2) is 0 Å². The van der Waals surface area contributed by atoms with E-state index >= 15 is 0 Å². The van der Waals surface area contributed by atoms with Crippen LogP contribution >= 0.6 is 0 Å². The summed E-state index contributed by atoms with van der Waals surface area (Å²) in [5.74, 6) is 0.683. The van der Waals surface area contributed by atoms with E-state index in [-0.39, 0.29) is 17.1 Å². The first-order valence-electron chi connectivity index (χ1n) is 7.22. The van der Waals surface area contributed by atoms with Gasteiger partial charge < -0.3 is 4.74 Å². The van der Waals surface area contributed by atoms with Crippen LogP contribution in [0.25, 0.3) is 0 Å². The number of rotatable bonds is 2. The second-order valence-corrected chi connectivity index (χ2v) is 7.00. The summed E-state index contributed by atoms with van der Waals surface area (Å²) in [6, 6.07) is 0.439. The second kappa shape index (κ2) is 4.61. The van der Waals surface area contributed by atoms with Crippen LogP contribution in [-0.2, 0) is 9.53 Å². The topological polar surface area (TPSA) is 29.5 Å². The van der Waals surface area contributed by atoms with Gasteiger partial charge in [0.25, 0.3) is 0 Å². The molecule has 2 fully saturated rings. The number of carbonyl (C=O) groups is 1. The minimum Gasteiger partial charge on any atom is -0.368 e. The van der Waals surface area contributed by atoms with E-state index in [1.54, 1.807) is 0 Å². The Labute approximate surface area is 111 Å². The first-order valence-corrected chi connectivity index (χ1v) is 7.22. The monoisotopic (exact) mass is 253 g/mol. The van der Waals surface area contributed by atoms with Gasteiger partial charge in [-0.1, -0.05) is 6.92 Å². The van der Waals surface area contributed by atoms with E-state index in [0.717, 1.165) is 25.9 Å². The van der Waals surface area contributed by atoms with E-state index < -0.39 is 0 Å². The van der Waals surface area contributed by atoms with E-state index in [2.05, 4.69) is 39.5 Å². The third-order valence-corrected chi connectivity index (χ3v) is 4.52. The van der Waals surface area contributed by atoms with Gasteiger partial charge in [0.2, 0.25) is 0 Å². The Balaban J connectivity index is 2.10. The lowest BCUT2D eigenvalue weighted by molar-refractivity contribution is -0.129. The number of hydrogen-bond donors (Lipinski definition) is 0. The van der Waals surface area contributed by atoms with E-state index in [0.29, 0.717) is 18.2 Å². The Hall–Kier alpha value is -0.410. The zero-order valence-electron chi connectivity index (χ0n) is 12.5. The van der Waals surface area contributed by atoms with Gasteiger partial charge in [0.05, 0.1) is 11.2 Å². The molecule has 3 heteroatoms. The van der Waals surface area contributed by atoms with Gasteiger partial charge in [-0.05, 0) is 40.5 Å². The van der Waals surface area contributed by atoms with Crippen molar-refractivity contribution < 1.29 is 9.53 Å². The number of nitrogens with zero attached hydrogens (tertiary/aromatic N) is 1. The van der Waals surface area contributed by atoms with Gasteiger partial charge in [0.15, 0.2) is 0 Å². The molecule has 0 aromatic carbocycles. The Bertz CT molecular complexity index is 335. The van der Waals surface area contributed by atoms with E-state index in [1.165, 1.54) is 0 Å². The maximum Gasteiger partial charge on any atom is 0.138 e. The standard InChI is InChI=1S/C15H27NO2/c1-6-11-10-16(8-7-12(11)17)13-9-14(2,3)18-15(13,4)5/h11,13H,6-10H2,1-5H3. The number of piperidine rings is 1. The fourth-order valence-electron chi connectivity index (χ4n) is 3.68. The van der Waals surface area contributed by atoms with Gasteiger partial charge >= 0.3 is 0 Å². The maximum atomic E-state index is 11.8. The highest BCUT2D eigenvalue weighted by Gasteiger charge is 2.49. The predicted molar refractivity (Wildman–Crippen MR) is 72.6 cm³/mol. The molecule has 0 bridgehead atoms. The van der Waals surface area contributed by atoms with Crippen molar-refractivity contribution in [3.63, 3.8) is 0 Å². The third kappa shape index (κ3) is 2.62. The van der Waals surface area contributed by atoms with Crippen LogP contribution in [0.5, 0.6) is 0 Å². The van der Waals surface area contributed by atoms with Crippen molar-refractivity contribution in [2.75, 3.05) is 13.1 Å². The van der Waals surface area contributed by atoms with E-state index in [4.69, 9.17) is 4.74 Å². The quantitative estimate of drug-likeness (QED) is 0.757. The fraction of sp³-hybridized carbons (Fsp3) is 0.933. The van der Waals surface area contributed by atoms with Crippen LogP contribution in [0.2, 0.25) is 0 Å². The molecule has 0 aromatic rings. The van der Waals surface area contributed by atoms with Crippen LogP contribution in [0.3, 0.4) is 0 Å². The largest absolute Gasteiger partial charge is 0.368 e. The molecule has 0 aliphatic carbocycles. The normalized spacial score (nSPS) is 35.9. The summed E-state index contributed by atoms with van der Waals surface area (Å²) in [5.41, 5.74) is -0.153. The van der Waals surface area contributed by atoms with Crippen molar-refractivity contribution in [3.05, 3.63) is 0 Å². The molecule has 2 aliphatic heterocycles. The van der Waals surface area contributed by atoms with Crippen molar-refractivity contribution >= 4 is 5.78 Å². The minimum atomic E-state index is -0.109. The molecule has 0 N–H and O–H groups in total. The molecule has 2 unspecified atom stereocenters. The molecule has 2 saturated heterocycles. The number of ketones is 1. The summed E-state index contributed by atoms with van der Waals surface area (Å²) < 4.78 is 6.17. The highest BCUT2D eigenvalue weighted by Crippen LogP contribution is 2.41. The van der Waals surface area contributed by atoms with Gasteiger partial charge in [0.1, 0.15) is 5.78 Å². The van der Waals surface area contributed by atoms with Crippen LogP contribution in [-0.4, -0.2) is 41.0 Å². The summed E-state index contributed by atoms with van der Waals surface area (Å²) in [4.78, 5) is 14.3. The number of ether oxygens (including phenoxy) is 1. The number of carbonyl (C=O) groups excluding carboxylic acids is 1. The van der Waals surface area contributed by atoms with Crippen LogP contribution < -0.4 is 0 Å². The van der Waals surface area contributed by atoms with Crippen molar-refractivity contribution in [2.24, 2.45) is 5.92 Å². The lowest BCUT2D eigenvalue weighted by atomic mass is 9.87. The summed E-state index contributed by atoms with van der Waals surface area (Å²) >= 11 is 0. The summed E-state index contributed by atoms with van der Waals surface area (Å²) in [6.07, 6.45) is 2.74. The summed E-state index contributed by atoms with van der Waals surface area (Å²) in [5, 5.41) is 0. The van der Waals surface area contributed by atoms with Crippen LogP contribution in [0, 0.1) is 5.92 Å². The van der Waals surface area contributed by atoms with Crippen molar-refractivity contribution in [3.8, 4) is 0 Å². The first-order chi connectivity index (χ1) is 8.25. The number of likely N-dealkylation sites (tertiary alicyclic amines) is 1. The second-order valence-electron chi connectivity index (χ2n) is 7.00. The Kier molecular flexibility index (Phi) is 3.58. The maximum absolute atomic E-state index is 11.8. The van der Waals surface area contributed by atoms with Crippen LogP contribution in [0.4, 0.5) is 0 Å². The molecule has 0 saturated carbocycles. The van der Waals surface area contributed by atoms with Gasteiger partial charge in [0, 0.05) is 31.5 Å². The Morgan fingerprint density at radius 3 is 2.50 bits per heavy atom. The van der Waals surface area contributed by atoms with Gasteiger partial charge in [-0.3, -0.25) is 9.69 Å². The third-order valence-electron chi connectivity index (χ3n) is 4.52. The first kappa shape index (κ1) is 14.0. The van der Waals surface area contributed by atoms with E-state index in [9.17, 15) is 4.79 Å². The fourth-order valence-corrected chi connectivity index (χ4v) is 3.68. The van der Waals surface area contributed by atoms with Gasteiger partial charge in [-0.15, -0.1) is 0 Å². The van der Waals surface area contributed by atoms with Crippen molar-refractivity contribution in [2.45, 2.75) is 71.1 Å². The lowest BCUT2D eigenvalue weighted by Crippen LogP contribution is -2.52. The number of hydrogen-bond acceptors (Lipinski definition) is 3. The molecule has 104 valence electrons. The summed E-state index contributed by atoms with van der Waals surface area (Å²) in [7, 11) is 0. The van der Waals surface area contributed by atoms with E-state index in [1.807, 2.05) is 0 Å². The molecule has 0 spiro atoms. The molecule has 18 heavy (non-hydrogen) atoms. The Morgan fingerprint density at radius 1 is 1.33 bits per heavy atom. The summed E-state index contributed by atoms with van der Waals surface area (Å²) in [6.45, 7) is 12.6. The molecule has 3 nitrogen and oxygen atoms in total. The highest BCUT2D eigenvalue weighted by molar-refractivity contribution is 5.82. The number of Topliss-reactive ketones (excluding diaryl/α,β-unsaturated/α-hetero) is 1. The predicted octanol–water partition coefficient (Wildman–Crippen LogP) is 2.63. The van der Waals surface area contributed by atoms with Crippen LogP contribution in [0.1, 0.15) is 53.9 Å². The van der Waals surface area contributed by atoms with Gasteiger partial charge in [-0.25, -0.2) is 0 Å². The molecular formula is C15H27NO2. The molecule has 2 atom stereocenters.